The van der Waals surface area contributed by atoms with Crippen molar-refractivity contribution in [1.82, 2.24) is 4.98 Å². The second kappa shape index (κ2) is 8.57. The number of aryl methyl sites for hydroxylation is 1. The number of hydrogen-bond donors (Lipinski definition) is 0. The lowest BCUT2D eigenvalue weighted by Gasteiger charge is -2.08. The van der Waals surface area contributed by atoms with E-state index in [4.69, 9.17) is 22.7 Å². The highest BCUT2D eigenvalue weighted by atomic mass is 32.2. The molecule has 0 fully saturated rings. The Morgan fingerprint density at radius 2 is 1.79 bits per heavy atom. The van der Waals surface area contributed by atoms with E-state index in [2.05, 4.69) is 4.98 Å². The maximum Gasteiger partial charge on any atom is 0.485 e. The van der Waals surface area contributed by atoms with Gasteiger partial charge in [0.15, 0.2) is 16.3 Å². The van der Waals surface area contributed by atoms with Crippen LogP contribution in [-0.4, -0.2) is 23.5 Å². The summed E-state index contributed by atoms with van der Waals surface area (Å²) >= 11 is 0. The molecule has 0 unspecified atom stereocenters. The molecule has 2 aromatic rings. The molecule has 0 aliphatic heterocycles. The summed E-state index contributed by atoms with van der Waals surface area (Å²) in [5.74, 6) is 0.663. The molecule has 2 aromatic heterocycles. The van der Waals surface area contributed by atoms with Crippen molar-refractivity contribution in [2.45, 2.75) is 12.1 Å². The summed E-state index contributed by atoms with van der Waals surface area (Å²) in [7, 11) is -4.20. The second-order valence-corrected chi connectivity index (χ2v) is 5.62. The molecule has 0 aromatic carbocycles. The van der Waals surface area contributed by atoms with Gasteiger partial charge in [0.05, 0.1) is 6.07 Å². The standard InChI is InChI=1S/C12H13N2O2.CHF3O3S/c1-14-9-3-2-4-12(14)16-15-10-11-5-7-13-8-6-11;2-1(3,4)8(5,6)7/h2-9H,10H2,1H3;(H,5,6,7)/q+1;/p-1. The summed E-state index contributed by atoms with van der Waals surface area (Å²) in [6.45, 7) is 0.400. The van der Waals surface area contributed by atoms with Gasteiger partial charge in [-0.25, -0.2) is 8.42 Å². The Bertz CT molecular complexity index is 739. The van der Waals surface area contributed by atoms with Gasteiger partial charge in [-0.2, -0.15) is 22.6 Å². The average Bonchev–Trinajstić information content (AvgIpc) is 2.49. The molecule has 0 aliphatic rings. The summed E-state index contributed by atoms with van der Waals surface area (Å²) < 4.78 is 60.7. The first-order chi connectivity index (χ1) is 11.1. The Morgan fingerprint density at radius 3 is 2.29 bits per heavy atom. The molecule has 24 heavy (non-hydrogen) atoms. The lowest BCUT2D eigenvalue weighted by atomic mass is 10.3. The smallest absolute Gasteiger partial charge is 0.485 e. The first-order valence-electron chi connectivity index (χ1n) is 6.26. The predicted molar refractivity (Wildman–Crippen MR) is 73.0 cm³/mol. The van der Waals surface area contributed by atoms with Crippen LogP contribution in [0.15, 0.2) is 48.9 Å². The molecule has 0 N–H and O–H groups in total. The molecule has 2 heterocycles. The van der Waals surface area contributed by atoms with Crippen LogP contribution in [0.5, 0.6) is 5.88 Å². The SMILES string of the molecule is C[n+]1ccccc1OOCc1ccncc1.O=S(=O)([O-])C(F)(F)F. The van der Waals surface area contributed by atoms with Crippen molar-refractivity contribution in [1.29, 1.82) is 0 Å². The Balaban J connectivity index is 0.000000307. The van der Waals surface area contributed by atoms with Crippen molar-refractivity contribution in [3.05, 3.63) is 54.5 Å². The van der Waals surface area contributed by atoms with Gasteiger partial charge in [0.1, 0.15) is 13.7 Å². The van der Waals surface area contributed by atoms with Crippen molar-refractivity contribution in [2.24, 2.45) is 7.05 Å². The van der Waals surface area contributed by atoms with E-state index in [9.17, 15) is 13.2 Å². The number of nitrogens with zero attached hydrogens (tertiary/aromatic N) is 2. The first kappa shape index (κ1) is 19.8. The zero-order valence-electron chi connectivity index (χ0n) is 12.3. The Labute approximate surface area is 136 Å². The second-order valence-electron chi connectivity index (χ2n) is 4.25. The van der Waals surface area contributed by atoms with Crippen LogP contribution in [0.2, 0.25) is 0 Å². The largest absolute Gasteiger partial charge is 0.741 e. The van der Waals surface area contributed by atoms with Crippen molar-refractivity contribution >= 4 is 10.1 Å². The summed E-state index contributed by atoms with van der Waals surface area (Å²) in [5, 5.41) is 0. The van der Waals surface area contributed by atoms with Gasteiger partial charge < -0.3 is 4.55 Å². The third-order valence-electron chi connectivity index (χ3n) is 2.41. The highest BCUT2D eigenvalue weighted by Gasteiger charge is 2.36. The van der Waals surface area contributed by atoms with Gasteiger partial charge >= 0.3 is 11.4 Å². The number of alkyl halides is 3. The van der Waals surface area contributed by atoms with Crippen molar-refractivity contribution in [3.63, 3.8) is 0 Å². The van der Waals surface area contributed by atoms with Gasteiger partial charge in [0, 0.05) is 18.5 Å². The monoisotopic (exact) mass is 366 g/mol. The molecule has 2 rings (SSSR count). The van der Waals surface area contributed by atoms with E-state index in [-0.39, 0.29) is 0 Å². The van der Waals surface area contributed by atoms with E-state index < -0.39 is 15.6 Å². The zero-order chi connectivity index (χ0) is 18.2. The molecular weight excluding hydrogens is 353 g/mol. The van der Waals surface area contributed by atoms with Crippen LogP contribution < -0.4 is 9.45 Å². The Kier molecular flexibility index (Phi) is 7.07. The molecular formula is C13H13F3N2O5S. The van der Waals surface area contributed by atoms with Gasteiger partial charge in [-0.15, -0.1) is 0 Å². The molecule has 132 valence electrons. The van der Waals surface area contributed by atoms with Crippen LogP contribution in [-0.2, 0) is 28.7 Å². The van der Waals surface area contributed by atoms with Crippen LogP contribution in [0.1, 0.15) is 5.56 Å². The van der Waals surface area contributed by atoms with Gasteiger partial charge in [0.2, 0.25) is 0 Å². The molecule has 0 aliphatic carbocycles. The number of pyridine rings is 2. The molecule has 11 heteroatoms. The fourth-order valence-corrected chi connectivity index (χ4v) is 1.23. The zero-order valence-corrected chi connectivity index (χ0v) is 13.1. The maximum absolute atomic E-state index is 10.7. The molecule has 0 saturated heterocycles. The normalized spacial score (nSPS) is 11.4. The van der Waals surface area contributed by atoms with E-state index in [0.717, 1.165) is 5.56 Å². The Morgan fingerprint density at radius 1 is 1.21 bits per heavy atom. The minimum atomic E-state index is -6.09. The van der Waals surface area contributed by atoms with E-state index in [1.807, 2.05) is 48.1 Å². The predicted octanol–water partition coefficient (Wildman–Crippen LogP) is 1.47. The third kappa shape index (κ3) is 6.89. The highest BCUT2D eigenvalue weighted by molar-refractivity contribution is 7.86. The van der Waals surface area contributed by atoms with Gasteiger partial charge in [-0.1, -0.05) is 0 Å². The Hall–Kier alpha value is -2.24. The quantitative estimate of drug-likeness (QED) is 0.267. The minimum Gasteiger partial charge on any atom is -0.741 e. The van der Waals surface area contributed by atoms with Crippen LogP contribution in [0.4, 0.5) is 13.2 Å². The average molecular weight is 366 g/mol. The van der Waals surface area contributed by atoms with Crippen molar-refractivity contribution in [3.8, 4) is 5.88 Å². The van der Waals surface area contributed by atoms with E-state index in [1.54, 1.807) is 12.4 Å². The molecule has 0 amide bonds. The molecule has 0 saturated carbocycles. The first-order valence-corrected chi connectivity index (χ1v) is 7.67. The van der Waals surface area contributed by atoms with Crippen LogP contribution in [0, 0.1) is 0 Å². The van der Waals surface area contributed by atoms with Crippen molar-refractivity contribution in [2.75, 3.05) is 0 Å². The molecule has 0 bridgehead atoms. The van der Waals surface area contributed by atoms with Crippen LogP contribution >= 0.6 is 0 Å². The third-order valence-corrected chi connectivity index (χ3v) is 2.98. The molecule has 0 radical (unpaired) electrons. The fraction of sp³-hybridized carbons (Fsp3) is 0.231. The molecule has 0 atom stereocenters. The van der Waals surface area contributed by atoms with E-state index in [0.29, 0.717) is 12.5 Å². The number of halogens is 3. The van der Waals surface area contributed by atoms with Crippen LogP contribution in [0.25, 0.3) is 0 Å². The van der Waals surface area contributed by atoms with Gasteiger partial charge in [-0.05, 0) is 23.8 Å². The van der Waals surface area contributed by atoms with Crippen molar-refractivity contribution < 1.29 is 40.5 Å². The summed E-state index contributed by atoms with van der Waals surface area (Å²) in [6.07, 6.45) is 5.34. The number of hydrogen-bond acceptors (Lipinski definition) is 6. The minimum absolute atomic E-state index is 0.400. The number of rotatable bonds is 4. The van der Waals surface area contributed by atoms with Gasteiger partial charge in [0.25, 0.3) is 0 Å². The highest BCUT2D eigenvalue weighted by Crippen LogP contribution is 2.20. The lowest BCUT2D eigenvalue weighted by molar-refractivity contribution is -0.685. The fourth-order valence-electron chi connectivity index (χ4n) is 1.23. The molecule has 0 spiro atoms. The van der Waals surface area contributed by atoms with E-state index >= 15 is 0 Å². The summed E-state index contributed by atoms with van der Waals surface area (Å²) in [5.41, 5.74) is -4.62. The molecule has 7 nitrogen and oxygen atoms in total. The van der Waals surface area contributed by atoms with Gasteiger partial charge in [-0.3, -0.25) is 9.87 Å². The summed E-state index contributed by atoms with van der Waals surface area (Å²) in [4.78, 5) is 14.2. The summed E-state index contributed by atoms with van der Waals surface area (Å²) in [6, 6.07) is 9.43. The van der Waals surface area contributed by atoms with E-state index in [1.165, 1.54) is 0 Å². The lowest BCUT2D eigenvalue weighted by Crippen LogP contribution is -2.29. The van der Waals surface area contributed by atoms with Crippen LogP contribution in [0.3, 0.4) is 0 Å². The topological polar surface area (TPSA) is 92.4 Å². The number of aromatic nitrogens is 2. The maximum atomic E-state index is 10.7.